The maximum atomic E-state index is 12.4. The number of anilines is 3. The van der Waals surface area contributed by atoms with Crippen molar-refractivity contribution >= 4 is 40.6 Å². The number of nitriles is 1. The number of hydrogen-bond donors (Lipinski definition) is 1. The molecule has 0 saturated heterocycles. The fourth-order valence-electron chi connectivity index (χ4n) is 3.07. The Hall–Kier alpha value is -3.69. The molecule has 3 rings (SSSR count). The van der Waals surface area contributed by atoms with Crippen LogP contribution in [0.25, 0.3) is 0 Å². The number of halogens is 1. The van der Waals surface area contributed by atoms with Crippen molar-refractivity contribution in [1.29, 1.82) is 5.26 Å². The topological polar surface area (TPSA) is 86.1 Å². The van der Waals surface area contributed by atoms with Gasteiger partial charge in [-0.1, -0.05) is 29.8 Å². The molecule has 7 heteroatoms. The Bertz CT molecular complexity index is 1150. The van der Waals surface area contributed by atoms with Crippen molar-refractivity contribution in [1.82, 2.24) is 4.98 Å². The summed E-state index contributed by atoms with van der Waals surface area (Å²) in [4.78, 5) is 30.5. The molecular formula is C23H19ClN4O2. The minimum Gasteiger partial charge on any atom is -0.326 e. The highest BCUT2D eigenvalue weighted by Gasteiger charge is 2.18. The van der Waals surface area contributed by atoms with Gasteiger partial charge in [0.25, 0.3) is 0 Å². The van der Waals surface area contributed by atoms with E-state index in [1.54, 1.807) is 48.5 Å². The molecule has 6 nitrogen and oxygen atoms in total. The van der Waals surface area contributed by atoms with Gasteiger partial charge < -0.3 is 5.32 Å². The van der Waals surface area contributed by atoms with Gasteiger partial charge >= 0.3 is 0 Å². The Balaban J connectivity index is 1.86. The number of aromatic nitrogens is 1. The summed E-state index contributed by atoms with van der Waals surface area (Å²) in [5.41, 5.74) is 3.04. The zero-order chi connectivity index (χ0) is 21.7. The predicted molar refractivity (Wildman–Crippen MR) is 117 cm³/mol. The maximum Gasteiger partial charge on any atom is 0.229 e. The van der Waals surface area contributed by atoms with Gasteiger partial charge in [0.05, 0.1) is 23.7 Å². The van der Waals surface area contributed by atoms with Gasteiger partial charge in [-0.3, -0.25) is 14.5 Å². The zero-order valence-electron chi connectivity index (χ0n) is 16.5. The molecule has 2 aromatic carbocycles. The fourth-order valence-corrected chi connectivity index (χ4v) is 3.27. The summed E-state index contributed by atoms with van der Waals surface area (Å²) in [5.74, 6) is -0.166. The van der Waals surface area contributed by atoms with Crippen molar-refractivity contribution < 1.29 is 9.59 Å². The normalized spacial score (nSPS) is 10.2. The van der Waals surface area contributed by atoms with E-state index in [9.17, 15) is 14.9 Å². The first kappa shape index (κ1) is 21.0. The van der Waals surface area contributed by atoms with E-state index in [0.717, 1.165) is 11.1 Å². The molecule has 0 bridgehead atoms. The molecular weight excluding hydrogens is 400 g/mol. The second-order valence-electron chi connectivity index (χ2n) is 6.74. The first-order valence-corrected chi connectivity index (χ1v) is 9.57. The smallest absolute Gasteiger partial charge is 0.229 e. The number of benzene rings is 2. The maximum absolute atomic E-state index is 12.4. The van der Waals surface area contributed by atoms with Crippen LogP contribution in [0.1, 0.15) is 23.6 Å². The van der Waals surface area contributed by atoms with E-state index in [2.05, 4.69) is 16.4 Å². The highest BCUT2D eigenvalue weighted by atomic mass is 35.5. The molecule has 0 radical (unpaired) electrons. The van der Waals surface area contributed by atoms with Gasteiger partial charge in [-0.15, -0.1) is 0 Å². The molecule has 0 spiro atoms. The number of pyridine rings is 1. The van der Waals surface area contributed by atoms with Crippen molar-refractivity contribution in [3.05, 3.63) is 82.5 Å². The summed E-state index contributed by atoms with van der Waals surface area (Å²) in [6, 6.07) is 17.7. The summed E-state index contributed by atoms with van der Waals surface area (Å²) in [5, 5.41) is 12.6. The van der Waals surface area contributed by atoms with Crippen LogP contribution in [0.3, 0.4) is 0 Å². The van der Waals surface area contributed by atoms with Crippen LogP contribution in [-0.2, 0) is 16.0 Å². The minimum absolute atomic E-state index is 0.122. The molecule has 1 heterocycles. The van der Waals surface area contributed by atoms with Crippen LogP contribution in [0.5, 0.6) is 0 Å². The van der Waals surface area contributed by atoms with Gasteiger partial charge in [-0.05, 0) is 48.4 Å². The number of nitrogens with one attached hydrogen (secondary N) is 1. The van der Waals surface area contributed by atoms with Crippen LogP contribution in [0.15, 0.2) is 60.8 Å². The molecule has 150 valence electrons. The lowest BCUT2D eigenvalue weighted by atomic mass is 10.1. The van der Waals surface area contributed by atoms with Crippen molar-refractivity contribution in [2.45, 2.75) is 20.3 Å². The third kappa shape index (κ3) is 5.02. The second kappa shape index (κ2) is 9.21. The monoisotopic (exact) mass is 418 g/mol. The lowest BCUT2D eigenvalue weighted by Crippen LogP contribution is -2.24. The lowest BCUT2D eigenvalue weighted by Gasteiger charge is -2.21. The summed E-state index contributed by atoms with van der Waals surface area (Å²) < 4.78 is 0. The van der Waals surface area contributed by atoms with E-state index in [-0.39, 0.29) is 18.2 Å². The van der Waals surface area contributed by atoms with Crippen LogP contribution in [-0.4, -0.2) is 16.8 Å². The molecule has 0 aliphatic carbocycles. The van der Waals surface area contributed by atoms with Crippen molar-refractivity contribution in [3.63, 3.8) is 0 Å². The number of aryl methyl sites for hydroxylation is 1. The van der Waals surface area contributed by atoms with Gasteiger partial charge in [0.2, 0.25) is 11.8 Å². The SMILES string of the molecule is CC(=O)N(c1cc(C)cc(C#N)c1)c1cc(NC(=O)Cc2ccccc2Cl)ccn1. The molecule has 1 aromatic heterocycles. The number of amides is 2. The van der Waals surface area contributed by atoms with Crippen LogP contribution in [0, 0.1) is 18.3 Å². The minimum atomic E-state index is -0.267. The standard InChI is InChI=1S/C23H19ClN4O2/c1-15-9-17(14-25)11-20(10-15)28(16(2)29)22-13-19(7-8-26-22)27-23(30)12-18-5-3-4-6-21(18)24/h3-11,13H,12H2,1-2H3,(H,26,27,30). The highest BCUT2D eigenvalue weighted by Crippen LogP contribution is 2.28. The lowest BCUT2D eigenvalue weighted by molar-refractivity contribution is -0.116. The molecule has 1 N–H and O–H groups in total. The number of carbonyl (C=O) groups is 2. The van der Waals surface area contributed by atoms with Crippen molar-refractivity contribution in [2.75, 3.05) is 10.2 Å². The average Bonchev–Trinajstić information content (AvgIpc) is 2.69. The predicted octanol–water partition coefficient (Wildman–Crippen LogP) is 4.78. The summed E-state index contributed by atoms with van der Waals surface area (Å²) >= 11 is 6.12. The molecule has 0 aliphatic heterocycles. The fraction of sp³-hybridized carbons (Fsp3) is 0.130. The van der Waals surface area contributed by atoms with Crippen LogP contribution < -0.4 is 10.2 Å². The third-order valence-electron chi connectivity index (χ3n) is 4.33. The molecule has 0 unspecified atom stereocenters. The van der Waals surface area contributed by atoms with Crippen LogP contribution in [0.4, 0.5) is 17.2 Å². The van der Waals surface area contributed by atoms with E-state index in [4.69, 9.17) is 11.6 Å². The first-order chi connectivity index (χ1) is 14.4. The largest absolute Gasteiger partial charge is 0.326 e. The number of hydrogen-bond acceptors (Lipinski definition) is 4. The highest BCUT2D eigenvalue weighted by molar-refractivity contribution is 6.31. The Labute approximate surface area is 179 Å². The molecule has 0 aliphatic rings. The molecule has 3 aromatic rings. The van der Waals surface area contributed by atoms with E-state index in [1.807, 2.05) is 13.0 Å². The Morgan fingerprint density at radius 3 is 2.63 bits per heavy atom. The third-order valence-corrected chi connectivity index (χ3v) is 4.70. The summed E-state index contributed by atoms with van der Waals surface area (Å²) in [6.07, 6.45) is 1.63. The average molecular weight is 419 g/mol. The quantitative estimate of drug-likeness (QED) is 0.645. The Kier molecular flexibility index (Phi) is 6.45. The Morgan fingerprint density at radius 2 is 1.93 bits per heavy atom. The second-order valence-corrected chi connectivity index (χ2v) is 7.15. The van der Waals surface area contributed by atoms with E-state index in [1.165, 1.54) is 18.0 Å². The summed E-state index contributed by atoms with van der Waals surface area (Å²) in [6.45, 7) is 3.26. The number of nitrogens with zero attached hydrogens (tertiary/aromatic N) is 3. The summed E-state index contributed by atoms with van der Waals surface area (Å²) in [7, 11) is 0. The first-order valence-electron chi connectivity index (χ1n) is 9.19. The number of rotatable bonds is 5. The molecule has 30 heavy (non-hydrogen) atoms. The molecule has 0 atom stereocenters. The van der Waals surface area contributed by atoms with Gasteiger partial charge in [-0.25, -0.2) is 4.98 Å². The molecule has 2 amide bonds. The van der Waals surface area contributed by atoms with Gasteiger partial charge in [0, 0.05) is 29.9 Å². The van der Waals surface area contributed by atoms with E-state index >= 15 is 0 Å². The van der Waals surface area contributed by atoms with Gasteiger partial charge in [-0.2, -0.15) is 5.26 Å². The van der Waals surface area contributed by atoms with Crippen LogP contribution >= 0.6 is 11.6 Å². The molecule has 0 saturated carbocycles. The number of carbonyl (C=O) groups excluding carboxylic acids is 2. The van der Waals surface area contributed by atoms with Crippen molar-refractivity contribution in [3.8, 4) is 6.07 Å². The van der Waals surface area contributed by atoms with Gasteiger partial charge in [0.1, 0.15) is 5.82 Å². The van der Waals surface area contributed by atoms with E-state index in [0.29, 0.717) is 27.8 Å². The van der Waals surface area contributed by atoms with E-state index < -0.39 is 0 Å². The van der Waals surface area contributed by atoms with Crippen LogP contribution in [0.2, 0.25) is 5.02 Å². The zero-order valence-corrected chi connectivity index (χ0v) is 17.3. The Morgan fingerprint density at radius 1 is 1.17 bits per heavy atom. The van der Waals surface area contributed by atoms with Gasteiger partial charge in [0.15, 0.2) is 0 Å². The van der Waals surface area contributed by atoms with Crippen molar-refractivity contribution in [2.24, 2.45) is 0 Å². The molecule has 0 fully saturated rings.